The molecule has 82 valence electrons. The van der Waals surface area contributed by atoms with Crippen molar-refractivity contribution in [1.29, 1.82) is 0 Å². The van der Waals surface area contributed by atoms with Gasteiger partial charge in [-0.1, -0.05) is 41.9 Å². The van der Waals surface area contributed by atoms with Crippen LogP contribution in [0, 0.1) is 0 Å². The van der Waals surface area contributed by atoms with Crippen molar-refractivity contribution >= 4 is 28.7 Å². The van der Waals surface area contributed by atoms with E-state index >= 15 is 0 Å². The van der Waals surface area contributed by atoms with Crippen molar-refractivity contribution in [3.8, 4) is 0 Å². The number of benzene rings is 1. The topological polar surface area (TPSA) is 17.1 Å². The number of aryl methyl sites for hydroxylation is 1. The molecule has 0 atom stereocenters. The van der Waals surface area contributed by atoms with Gasteiger partial charge < -0.3 is 0 Å². The predicted molar refractivity (Wildman–Crippen MR) is 68.4 cm³/mol. The predicted octanol–water partition coefficient (Wildman–Crippen LogP) is 4.22. The molecule has 1 aromatic carbocycles. The molecule has 0 radical (unpaired) electrons. The van der Waals surface area contributed by atoms with Gasteiger partial charge in [-0.25, -0.2) is 0 Å². The lowest BCUT2D eigenvalue weighted by Crippen LogP contribution is -2.00. The van der Waals surface area contributed by atoms with Crippen LogP contribution in [0.2, 0.25) is 5.02 Å². The Morgan fingerprint density at radius 1 is 1.19 bits per heavy atom. The van der Waals surface area contributed by atoms with Gasteiger partial charge in [-0.15, -0.1) is 11.3 Å². The van der Waals surface area contributed by atoms with Crippen molar-refractivity contribution in [2.45, 2.75) is 12.8 Å². The number of halogens is 1. The van der Waals surface area contributed by atoms with E-state index in [4.69, 9.17) is 11.6 Å². The fourth-order valence-electron chi connectivity index (χ4n) is 1.50. The minimum Gasteiger partial charge on any atom is -0.294 e. The third-order valence-corrected chi connectivity index (χ3v) is 3.81. The summed E-state index contributed by atoms with van der Waals surface area (Å²) in [5.74, 6) is 0.171. The Morgan fingerprint density at radius 3 is 2.56 bits per heavy atom. The van der Waals surface area contributed by atoms with Crippen LogP contribution in [-0.2, 0) is 6.42 Å². The lowest BCUT2D eigenvalue weighted by molar-refractivity contribution is 0.0983. The average molecular weight is 251 g/mol. The van der Waals surface area contributed by atoms with Crippen LogP contribution in [0.5, 0.6) is 0 Å². The minimum atomic E-state index is 0.171. The van der Waals surface area contributed by atoms with Crippen LogP contribution in [0.15, 0.2) is 41.8 Å². The minimum absolute atomic E-state index is 0.171. The number of carbonyl (C=O) groups is 1. The molecular weight excluding hydrogens is 240 g/mol. The molecule has 0 saturated carbocycles. The van der Waals surface area contributed by atoms with Gasteiger partial charge in [0, 0.05) is 16.9 Å². The molecule has 0 unspecified atom stereocenters. The molecule has 1 aromatic heterocycles. The molecule has 0 fully saturated rings. The van der Waals surface area contributed by atoms with Gasteiger partial charge in [-0.05, 0) is 17.9 Å². The van der Waals surface area contributed by atoms with Crippen LogP contribution in [0.4, 0.5) is 0 Å². The molecule has 3 heteroatoms. The van der Waals surface area contributed by atoms with Crippen LogP contribution in [0.1, 0.15) is 21.7 Å². The number of Topliss-reactive ketones (excluding diaryl/α,β-unsaturated/α-hetero) is 1. The molecule has 2 aromatic rings. The zero-order valence-electron chi connectivity index (χ0n) is 8.65. The number of ketones is 1. The Labute approximate surface area is 104 Å². The standard InChI is InChI=1S/C13H11ClOS/c14-11-8-9-16-13(11)7-6-12(15)10-4-2-1-3-5-10/h1-5,8-9H,6-7H2. The highest BCUT2D eigenvalue weighted by atomic mass is 35.5. The van der Waals surface area contributed by atoms with Crippen LogP contribution < -0.4 is 0 Å². The lowest BCUT2D eigenvalue weighted by atomic mass is 10.1. The van der Waals surface area contributed by atoms with Gasteiger partial charge in [0.15, 0.2) is 5.78 Å². The zero-order valence-corrected chi connectivity index (χ0v) is 10.2. The Balaban J connectivity index is 1.97. The molecule has 16 heavy (non-hydrogen) atoms. The maximum atomic E-state index is 11.8. The SMILES string of the molecule is O=C(CCc1sccc1Cl)c1ccccc1. The summed E-state index contributed by atoms with van der Waals surface area (Å²) in [7, 11) is 0. The van der Waals surface area contributed by atoms with E-state index < -0.39 is 0 Å². The number of hydrogen-bond donors (Lipinski definition) is 0. The van der Waals surface area contributed by atoms with Gasteiger partial charge >= 0.3 is 0 Å². The second kappa shape index (κ2) is 5.28. The molecule has 2 rings (SSSR count). The highest BCUT2D eigenvalue weighted by Crippen LogP contribution is 2.23. The first-order valence-electron chi connectivity index (χ1n) is 5.07. The number of carbonyl (C=O) groups excluding carboxylic acids is 1. The fraction of sp³-hybridized carbons (Fsp3) is 0.154. The average Bonchev–Trinajstić information content (AvgIpc) is 2.73. The first-order chi connectivity index (χ1) is 7.77. The first kappa shape index (κ1) is 11.4. The molecule has 0 spiro atoms. The Hall–Kier alpha value is -1.12. The summed E-state index contributed by atoms with van der Waals surface area (Å²) in [4.78, 5) is 12.9. The van der Waals surface area contributed by atoms with Crippen molar-refractivity contribution in [2.24, 2.45) is 0 Å². The summed E-state index contributed by atoms with van der Waals surface area (Å²) in [5, 5.41) is 2.72. The third-order valence-electron chi connectivity index (χ3n) is 2.37. The fourth-order valence-corrected chi connectivity index (χ4v) is 2.63. The van der Waals surface area contributed by atoms with E-state index in [0.29, 0.717) is 6.42 Å². The molecule has 0 saturated heterocycles. The monoisotopic (exact) mass is 250 g/mol. The maximum absolute atomic E-state index is 11.8. The highest BCUT2D eigenvalue weighted by Gasteiger charge is 2.07. The van der Waals surface area contributed by atoms with Crippen LogP contribution in [0.25, 0.3) is 0 Å². The van der Waals surface area contributed by atoms with E-state index in [9.17, 15) is 4.79 Å². The normalized spacial score (nSPS) is 10.3. The van der Waals surface area contributed by atoms with Crippen molar-refractivity contribution in [1.82, 2.24) is 0 Å². The highest BCUT2D eigenvalue weighted by molar-refractivity contribution is 7.10. The number of rotatable bonds is 4. The van der Waals surface area contributed by atoms with Gasteiger partial charge in [0.1, 0.15) is 0 Å². The van der Waals surface area contributed by atoms with E-state index in [2.05, 4.69) is 0 Å². The molecule has 0 aliphatic rings. The summed E-state index contributed by atoms with van der Waals surface area (Å²) in [5.41, 5.74) is 0.773. The Morgan fingerprint density at radius 2 is 1.94 bits per heavy atom. The summed E-state index contributed by atoms with van der Waals surface area (Å²) < 4.78 is 0. The molecule has 0 aliphatic carbocycles. The van der Waals surface area contributed by atoms with E-state index in [-0.39, 0.29) is 5.78 Å². The van der Waals surface area contributed by atoms with Crippen LogP contribution in [-0.4, -0.2) is 5.78 Å². The van der Waals surface area contributed by atoms with Gasteiger partial charge in [-0.2, -0.15) is 0 Å². The summed E-state index contributed by atoms with van der Waals surface area (Å²) in [6, 6.07) is 11.2. The smallest absolute Gasteiger partial charge is 0.163 e. The van der Waals surface area contributed by atoms with Crippen molar-refractivity contribution < 1.29 is 4.79 Å². The molecule has 0 bridgehead atoms. The van der Waals surface area contributed by atoms with E-state index in [1.54, 1.807) is 11.3 Å². The molecular formula is C13H11ClOS. The quantitative estimate of drug-likeness (QED) is 0.743. The van der Waals surface area contributed by atoms with Crippen LogP contribution >= 0.6 is 22.9 Å². The largest absolute Gasteiger partial charge is 0.294 e. The van der Waals surface area contributed by atoms with E-state index in [1.165, 1.54) is 0 Å². The molecule has 0 N–H and O–H groups in total. The third kappa shape index (κ3) is 2.71. The molecule has 0 aliphatic heterocycles. The molecule has 1 nitrogen and oxygen atoms in total. The first-order valence-corrected chi connectivity index (χ1v) is 6.33. The Kier molecular flexibility index (Phi) is 3.75. The zero-order chi connectivity index (χ0) is 11.4. The van der Waals surface area contributed by atoms with Gasteiger partial charge in [0.2, 0.25) is 0 Å². The molecule has 1 heterocycles. The van der Waals surface area contributed by atoms with Crippen molar-refractivity contribution in [3.05, 3.63) is 57.2 Å². The second-order valence-corrected chi connectivity index (χ2v) is 4.89. The lowest BCUT2D eigenvalue weighted by Gasteiger charge is -2.00. The summed E-state index contributed by atoms with van der Waals surface area (Å²) in [6.07, 6.45) is 1.24. The van der Waals surface area contributed by atoms with Gasteiger partial charge in [0.25, 0.3) is 0 Å². The maximum Gasteiger partial charge on any atom is 0.163 e. The van der Waals surface area contributed by atoms with Crippen LogP contribution in [0.3, 0.4) is 0 Å². The van der Waals surface area contributed by atoms with Crippen molar-refractivity contribution in [2.75, 3.05) is 0 Å². The Bertz CT molecular complexity index is 476. The van der Waals surface area contributed by atoms with Crippen molar-refractivity contribution in [3.63, 3.8) is 0 Å². The number of hydrogen-bond acceptors (Lipinski definition) is 2. The number of thiophene rings is 1. The summed E-state index contributed by atoms with van der Waals surface area (Å²) in [6.45, 7) is 0. The second-order valence-electron chi connectivity index (χ2n) is 3.48. The van der Waals surface area contributed by atoms with Gasteiger partial charge in [0.05, 0.1) is 5.02 Å². The van der Waals surface area contributed by atoms with E-state index in [0.717, 1.165) is 21.9 Å². The summed E-state index contributed by atoms with van der Waals surface area (Å²) >= 11 is 7.57. The van der Waals surface area contributed by atoms with E-state index in [1.807, 2.05) is 41.8 Å². The molecule has 0 amide bonds. The van der Waals surface area contributed by atoms with Gasteiger partial charge in [-0.3, -0.25) is 4.79 Å².